The maximum Gasteiger partial charge on any atom is 0.330 e. The number of esters is 4. The van der Waals surface area contributed by atoms with E-state index in [2.05, 4.69) is 11.9 Å². The average Bonchev–Trinajstić information content (AvgIpc) is 3.48. The molecule has 246 valence electrons. The van der Waals surface area contributed by atoms with E-state index in [0.29, 0.717) is 30.5 Å². The lowest BCUT2D eigenvalue weighted by Gasteiger charge is -2.58. The standard InChI is InChI=1S/C34H45NO10/c1-10-17(2)30(40)43-28-27(42-19(4)36)26(32(7)13-11-24(37)45-31(5,6)22(32)16-25(38)41-9)18(3)34-23(44-34)15-21(33(28,34)8)20-12-14-35-29(20)39/h11-13,17,21-23,26-28H,3,10,14-16H2,1-2,4-9H3,(H,35,39)/t17?,21-,22-,23+,26+,27+,28-,32-,33+,34+/m0/s1. The Bertz CT molecular complexity index is 1400. The van der Waals surface area contributed by atoms with Crippen LogP contribution in [0.1, 0.15) is 67.7 Å². The molecule has 11 nitrogen and oxygen atoms in total. The average molecular weight is 628 g/mol. The Morgan fingerprint density at radius 1 is 1.16 bits per heavy atom. The Morgan fingerprint density at radius 2 is 1.84 bits per heavy atom. The van der Waals surface area contributed by atoms with Crippen LogP contribution in [-0.4, -0.2) is 73.0 Å². The lowest BCUT2D eigenvalue weighted by Crippen LogP contribution is -2.67. The van der Waals surface area contributed by atoms with Crippen LogP contribution < -0.4 is 5.32 Å². The summed E-state index contributed by atoms with van der Waals surface area (Å²) >= 11 is 0. The fourth-order valence-corrected chi connectivity index (χ4v) is 8.94. The second-order valence-corrected chi connectivity index (χ2v) is 14.1. The normalized spacial score (nSPS) is 40.2. The van der Waals surface area contributed by atoms with Gasteiger partial charge in [-0.1, -0.05) is 46.4 Å². The van der Waals surface area contributed by atoms with Crippen LogP contribution in [0.3, 0.4) is 0 Å². The van der Waals surface area contributed by atoms with Crippen molar-refractivity contribution >= 4 is 29.8 Å². The van der Waals surface area contributed by atoms with Crippen LogP contribution in [0.25, 0.3) is 0 Å². The minimum Gasteiger partial charge on any atom is -0.469 e. The zero-order valence-corrected chi connectivity index (χ0v) is 27.4. The second kappa shape index (κ2) is 11.1. The Labute approximate surface area is 264 Å². The van der Waals surface area contributed by atoms with Gasteiger partial charge in [0.15, 0.2) is 0 Å². The van der Waals surface area contributed by atoms with Crippen LogP contribution in [0.5, 0.6) is 0 Å². The molecule has 3 aliphatic heterocycles. The van der Waals surface area contributed by atoms with Crippen molar-refractivity contribution in [3.05, 3.63) is 36.0 Å². The third-order valence-electron chi connectivity index (χ3n) is 11.4. The minimum absolute atomic E-state index is 0.129. The first-order valence-corrected chi connectivity index (χ1v) is 15.7. The Hall–Kier alpha value is -3.47. The molecule has 45 heavy (non-hydrogen) atoms. The molecule has 0 aromatic carbocycles. The number of nitrogens with one attached hydrogen (secondary N) is 1. The number of rotatable bonds is 8. The molecule has 1 saturated heterocycles. The molecule has 2 aliphatic carbocycles. The second-order valence-electron chi connectivity index (χ2n) is 14.1. The molecule has 3 fully saturated rings. The number of hydrogen-bond acceptors (Lipinski definition) is 10. The zero-order valence-electron chi connectivity index (χ0n) is 27.4. The summed E-state index contributed by atoms with van der Waals surface area (Å²) in [5, 5.41) is 2.85. The summed E-state index contributed by atoms with van der Waals surface area (Å²) in [7, 11) is 1.29. The molecule has 5 rings (SSSR count). The largest absolute Gasteiger partial charge is 0.469 e. The molecule has 0 aromatic heterocycles. The Morgan fingerprint density at radius 3 is 2.42 bits per heavy atom. The number of epoxide rings is 1. The Balaban J connectivity index is 1.75. The van der Waals surface area contributed by atoms with E-state index >= 15 is 0 Å². The summed E-state index contributed by atoms with van der Waals surface area (Å²) < 4.78 is 30.1. The van der Waals surface area contributed by atoms with E-state index in [0.717, 1.165) is 0 Å². The van der Waals surface area contributed by atoms with Gasteiger partial charge in [-0.15, -0.1) is 0 Å². The van der Waals surface area contributed by atoms with E-state index in [4.69, 9.17) is 23.7 Å². The lowest BCUT2D eigenvalue weighted by atomic mass is 9.48. The first-order valence-electron chi connectivity index (χ1n) is 15.7. The van der Waals surface area contributed by atoms with Gasteiger partial charge in [0.05, 0.1) is 31.0 Å². The van der Waals surface area contributed by atoms with Crippen molar-refractivity contribution in [2.24, 2.45) is 34.5 Å². The number of cyclic esters (lactones) is 1. The molecule has 2 saturated carbocycles. The summed E-state index contributed by atoms with van der Waals surface area (Å²) in [6.45, 7) is 17.2. The number of methoxy groups -OCH3 is 1. The van der Waals surface area contributed by atoms with E-state index in [-0.39, 0.29) is 18.4 Å². The zero-order chi connectivity index (χ0) is 33.3. The summed E-state index contributed by atoms with van der Waals surface area (Å²) in [6, 6.07) is 0. The van der Waals surface area contributed by atoms with E-state index in [1.54, 1.807) is 26.8 Å². The predicted octanol–water partition coefficient (Wildman–Crippen LogP) is 3.36. The number of hydrogen-bond donors (Lipinski definition) is 1. The molecule has 11 heteroatoms. The molecule has 1 N–H and O–H groups in total. The summed E-state index contributed by atoms with van der Waals surface area (Å²) in [6.07, 6.45) is 3.19. The third-order valence-corrected chi connectivity index (χ3v) is 11.4. The molecule has 5 aliphatic rings. The third kappa shape index (κ3) is 4.84. The highest BCUT2D eigenvalue weighted by Gasteiger charge is 2.84. The maximum absolute atomic E-state index is 13.6. The van der Waals surface area contributed by atoms with Crippen LogP contribution >= 0.6 is 0 Å². The monoisotopic (exact) mass is 627 g/mol. The highest BCUT2D eigenvalue weighted by molar-refractivity contribution is 5.96. The van der Waals surface area contributed by atoms with Gasteiger partial charge in [-0.25, -0.2) is 4.79 Å². The van der Waals surface area contributed by atoms with Gasteiger partial charge in [-0.05, 0) is 32.3 Å². The molecule has 0 aromatic rings. The maximum atomic E-state index is 13.6. The fourth-order valence-electron chi connectivity index (χ4n) is 8.94. The summed E-state index contributed by atoms with van der Waals surface area (Å²) in [5.74, 6) is -4.73. The van der Waals surface area contributed by atoms with Gasteiger partial charge >= 0.3 is 23.9 Å². The smallest absolute Gasteiger partial charge is 0.330 e. The molecule has 3 heterocycles. The number of allylic oxidation sites excluding steroid dienone is 1. The van der Waals surface area contributed by atoms with Crippen molar-refractivity contribution in [2.75, 3.05) is 13.7 Å². The number of carbonyl (C=O) groups excluding carboxylic acids is 5. The minimum atomic E-state index is -1.18. The van der Waals surface area contributed by atoms with E-state index < -0.39 is 81.8 Å². The van der Waals surface area contributed by atoms with Crippen LogP contribution in [0.15, 0.2) is 36.0 Å². The first-order chi connectivity index (χ1) is 21.0. The Kier molecular flexibility index (Phi) is 8.12. The molecular formula is C34H45NO10. The SMILES string of the molecule is C=C1[C@@H]([C@@]2(C)C=CC(=O)OC(C)(C)[C@@H]2CC(=O)OC)[C@@H](OC(C)=O)[C@H](OC(=O)C(C)CC)[C@@]2(C)[C@H](C3=CCNC3=O)C[C@H]3O[C@]132. The molecule has 0 radical (unpaired) electrons. The van der Waals surface area contributed by atoms with E-state index in [9.17, 15) is 24.0 Å². The van der Waals surface area contributed by atoms with Crippen LogP contribution in [0, 0.1) is 34.5 Å². The summed E-state index contributed by atoms with van der Waals surface area (Å²) in [5.41, 5.74) is -3.24. The van der Waals surface area contributed by atoms with Crippen molar-refractivity contribution in [1.29, 1.82) is 0 Å². The van der Waals surface area contributed by atoms with Gasteiger partial charge in [0.1, 0.15) is 23.4 Å². The van der Waals surface area contributed by atoms with E-state index in [1.165, 1.54) is 20.1 Å². The van der Waals surface area contributed by atoms with Gasteiger partial charge in [-0.3, -0.25) is 19.2 Å². The van der Waals surface area contributed by atoms with Crippen LogP contribution in [0.2, 0.25) is 0 Å². The summed E-state index contributed by atoms with van der Waals surface area (Å²) in [4.78, 5) is 65.4. The van der Waals surface area contributed by atoms with Crippen molar-refractivity contribution in [1.82, 2.24) is 5.32 Å². The number of carbonyl (C=O) groups is 5. The quantitative estimate of drug-likeness (QED) is 0.184. The topological polar surface area (TPSA) is 147 Å². The number of amides is 1. The van der Waals surface area contributed by atoms with Crippen molar-refractivity contribution in [2.45, 2.75) is 97.2 Å². The molecular weight excluding hydrogens is 582 g/mol. The van der Waals surface area contributed by atoms with Gasteiger partial charge in [0.2, 0.25) is 5.91 Å². The van der Waals surface area contributed by atoms with E-state index in [1.807, 2.05) is 26.8 Å². The highest BCUT2D eigenvalue weighted by atomic mass is 16.6. The number of ether oxygens (including phenoxy) is 5. The van der Waals surface area contributed by atoms with Gasteiger partial charge < -0.3 is 29.0 Å². The van der Waals surface area contributed by atoms with Crippen LogP contribution in [0.4, 0.5) is 0 Å². The first kappa shape index (κ1) is 32.9. The van der Waals surface area contributed by atoms with Crippen LogP contribution in [-0.2, 0) is 47.7 Å². The highest BCUT2D eigenvalue weighted by Crippen LogP contribution is 2.75. The van der Waals surface area contributed by atoms with Gasteiger partial charge in [-0.2, -0.15) is 0 Å². The molecule has 1 unspecified atom stereocenters. The molecule has 10 atom stereocenters. The predicted molar refractivity (Wildman–Crippen MR) is 160 cm³/mol. The van der Waals surface area contributed by atoms with Gasteiger partial charge in [0, 0.05) is 48.3 Å². The molecule has 0 bridgehead atoms. The lowest BCUT2D eigenvalue weighted by molar-refractivity contribution is -0.214. The van der Waals surface area contributed by atoms with Crippen molar-refractivity contribution in [3.63, 3.8) is 0 Å². The van der Waals surface area contributed by atoms with Gasteiger partial charge in [0.25, 0.3) is 0 Å². The molecule has 1 amide bonds. The van der Waals surface area contributed by atoms with Crippen molar-refractivity contribution in [3.8, 4) is 0 Å². The fraction of sp³-hybridized carbons (Fsp3) is 0.676. The van der Waals surface area contributed by atoms with Crippen molar-refractivity contribution < 1.29 is 47.7 Å². The molecule has 1 spiro atoms.